The third-order valence-electron chi connectivity index (χ3n) is 5.15. The highest BCUT2D eigenvalue weighted by atomic mass is 16.5. The minimum Gasteiger partial charge on any atom is -0.381 e. The largest absolute Gasteiger partial charge is 0.381 e. The number of aromatic nitrogens is 2. The van der Waals surface area contributed by atoms with Gasteiger partial charge in [-0.25, -0.2) is 4.98 Å². The van der Waals surface area contributed by atoms with E-state index in [4.69, 9.17) is 4.74 Å². The number of fused-ring (bicyclic) bond motifs is 2. The molecule has 1 spiro atoms. The van der Waals surface area contributed by atoms with Gasteiger partial charge in [0.05, 0.1) is 23.6 Å². The summed E-state index contributed by atoms with van der Waals surface area (Å²) < 4.78 is 5.53. The van der Waals surface area contributed by atoms with Crippen LogP contribution < -0.4 is 5.32 Å². The van der Waals surface area contributed by atoms with Crippen molar-refractivity contribution in [1.82, 2.24) is 20.2 Å². The quantitative estimate of drug-likeness (QED) is 0.864. The Morgan fingerprint density at radius 3 is 2.91 bits per heavy atom. The smallest absolute Gasteiger partial charge is 0.240 e. The standard InChI is InChI=1S/C17H28N4O2/c1-3-5-8-21(4-2)16(22)14-11-13-15(19-12-18-13)17(20-14)6-9-23-10-7-17/h12,14,20H,3-11H2,1-2H3,(H,18,19)/t14-/m0/s1. The Morgan fingerprint density at radius 2 is 2.22 bits per heavy atom. The van der Waals surface area contributed by atoms with Crippen LogP contribution in [-0.4, -0.2) is 53.1 Å². The first-order valence-electron chi connectivity index (χ1n) is 8.87. The number of aromatic amines is 1. The molecule has 23 heavy (non-hydrogen) atoms. The second-order valence-electron chi connectivity index (χ2n) is 6.60. The molecule has 0 aliphatic carbocycles. The number of hydrogen-bond donors (Lipinski definition) is 2. The summed E-state index contributed by atoms with van der Waals surface area (Å²) in [4.78, 5) is 22.8. The first-order chi connectivity index (χ1) is 11.2. The third-order valence-corrected chi connectivity index (χ3v) is 5.15. The lowest BCUT2D eigenvalue weighted by Crippen LogP contribution is -2.60. The maximum Gasteiger partial charge on any atom is 0.240 e. The van der Waals surface area contributed by atoms with Crippen molar-refractivity contribution in [2.45, 2.75) is 57.5 Å². The van der Waals surface area contributed by atoms with Crippen molar-refractivity contribution in [3.63, 3.8) is 0 Å². The van der Waals surface area contributed by atoms with Gasteiger partial charge in [-0.1, -0.05) is 13.3 Å². The van der Waals surface area contributed by atoms with E-state index in [-0.39, 0.29) is 17.5 Å². The van der Waals surface area contributed by atoms with Crippen molar-refractivity contribution < 1.29 is 9.53 Å². The first-order valence-corrected chi connectivity index (χ1v) is 8.87. The molecule has 1 atom stereocenters. The number of carbonyl (C=O) groups excluding carboxylic acids is 1. The zero-order valence-corrected chi connectivity index (χ0v) is 14.2. The van der Waals surface area contributed by atoms with E-state index >= 15 is 0 Å². The van der Waals surface area contributed by atoms with Crippen LogP contribution >= 0.6 is 0 Å². The number of imidazole rings is 1. The number of ether oxygens (including phenoxy) is 1. The topological polar surface area (TPSA) is 70.2 Å². The molecular weight excluding hydrogens is 292 g/mol. The molecule has 3 heterocycles. The van der Waals surface area contributed by atoms with E-state index in [2.05, 4.69) is 29.1 Å². The molecular formula is C17H28N4O2. The highest BCUT2D eigenvalue weighted by Gasteiger charge is 2.45. The lowest BCUT2D eigenvalue weighted by molar-refractivity contribution is -0.135. The molecule has 2 N–H and O–H groups in total. The molecule has 1 saturated heterocycles. The zero-order valence-electron chi connectivity index (χ0n) is 14.2. The van der Waals surface area contributed by atoms with E-state index < -0.39 is 0 Å². The Labute approximate surface area is 138 Å². The molecule has 1 fully saturated rings. The third kappa shape index (κ3) is 3.15. The lowest BCUT2D eigenvalue weighted by atomic mass is 9.80. The van der Waals surface area contributed by atoms with E-state index in [1.54, 1.807) is 6.33 Å². The maximum absolute atomic E-state index is 13.0. The van der Waals surface area contributed by atoms with Gasteiger partial charge in [0.25, 0.3) is 0 Å². The van der Waals surface area contributed by atoms with Gasteiger partial charge in [-0.3, -0.25) is 10.1 Å². The van der Waals surface area contributed by atoms with Crippen molar-refractivity contribution in [3.8, 4) is 0 Å². The summed E-state index contributed by atoms with van der Waals surface area (Å²) in [5, 5.41) is 3.65. The van der Waals surface area contributed by atoms with Crippen molar-refractivity contribution >= 4 is 5.91 Å². The maximum atomic E-state index is 13.0. The van der Waals surface area contributed by atoms with E-state index in [0.717, 1.165) is 50.2 Å². The average Bonchev–Trinajstić information content (AvgIpc) is 3.05. The normalized spacial score (nSPS) is 22.8. The Morgan fingerprint density at radius 1 is 1.43 bits per heavy atom. The van der Waals surface area contributed by atoms with Crippen LogP contribution in [0.3, 0.4) is 0 Å². The fraction of sp³-hybridized carbons (Fsp3) is 0.765. The van der Waals surface area contributed by atoms with Crippen LogP contribution in [0.15, 0.2) is 6.33 Å². The molecule has 2 aliphatic rings. The summed E-state index contributed by atoms with van der Waals surface area (Å²) in [6.07, 6.45) is 6.35. The average molecular weight is 320 g/mol. The molecule has 0 saturated carbocycles. The van der Waals surface area contributed by atoms with Gasteiger partial charge in [0.1, 0.15) is 0 Å². The van der Waals surface area contributed by atoms with Crippen molar-refractivity contribution in [2.75, 3.05) is 26.3 Å². The number of hydrogen-bond acceptors (Lipinski definition) is 4. The molecule has 0 radical (unpaired) electrons. The first kappa shape index (κ1) is 16.5. The Hall–Kier alpha value is -1.40. The van der Waals surface area contributed by atoms with Crippen LogP contribution in [0.25, 0.3) is 0 Å². The number of amides is 1. The lowest BCUT2D eigenvalue weighted by Gasteiger charge is -2.44. The summed E-state index contributed by atoms with van der Waals surface area (Å²) in [5.74, 6) is 0.215. The summed E-state index contributed by atoms with van der Waals surface area (Å²) in [6, 6.07) is -0.169. The highest BCUT2D eigenvalue weighted by Crippen LogP contribution is 2.36. The Kier molecular flexibility index (Phi) is 5.02. The van der Waals surface area contributed by atoms with Crippen LogP contribution in [0.2, 0.25) is 0 Å². The Bertz CT molecular complexity index is 536. The molecule has 1 aromatic heterocycles. The van der Waals surface area contributed by atoms with E-state index in [1.165, 1.54) is 0 Å². The van der Waals surface area contributed by atoms with Crippen molar-refractivity contribution in [2.24, 2.45) is 0 Å². The van der Waals surface area contributed by atoms with Crippen LogP contribution in [0, 0.1) is 0 Å². The van der Waals surface area contributed by atoms with Crippen LogP contribution in [0.5, 0.6) is 0 Å². The second kappa shape index (κ2) is 7.01. The second-order valence-corrected chi connectivity index (χ2v) is 6.60. The molecule has 6 nitrogen and oxygen atoms in total. The fourth-order valence-electron chi connectivity index (χ4n) is 3.79. The SMILES string of the molecule is CCCCN(CC)C(=O)[C@@H]1Cc2[nH]cnc2C2(CCOCC2)N1. The molecule has 1 aromatic rings. The number of H-pyrrole nitrogens is 1. The molecule has 0 unspecified atom stereocenters. The van der Waals surface area contributed by atoms with Gasteiger partial charge in [-0.15, -0.1) is 0 Å². The highest BCUT2D eigenvalue weighted by molar-refractivity contribution is 5.82. The minimum atomic E-state index is -0.212. The monoisotopic (exact) mass is 320 g/mol. The van der Waals surface area contributed by atoms with Gasteiger partial charge >= 0.3 is 0 Å². The molecule has 0 bridgehead atoms. The number of carbonyl (C=O) groups is 1. The molecule has 2 aliphatic heterocycles. The molecule has 128 valence electrons. The fourth-order valence-corrected chi connectivity index (χ4v) is 3.79. The number of nitrogens with zero attached hydrogens (tertiary/aromatic N) is 2. The van der Waals surface area contributed by atoms with E-state index in [0.29, 0.717) is 19.6 Å². The van der Waals surface area contributed by atoms with Gasteiger partial charge in [-0.05, 0) is 26.2 Å². The van der Waals surface area contributed by atoms with Crippen molar-refractivity contribution in [1.29, 1.82) is 0 Å². The van der Waals surface area contributed by atoms with Gasteiger partial charge < -0.3 is 14.6 Å². The predicted octanol–water partition coefficient (Wildman–Crippen LogP) is 1.58. The van der Waals surface area contributed by atoms with Crippen LogP contribution in [-0.2, 0) is 21.5 Å². The summed E-state index contributed by atoms with van der Waals surface area (Å²) >= 11 is 0. The number of rotatable bonds is 5. The van der Waals surface area contributed by atoms with Crippen LogP contribution in [0.1, 0.15) is 50.9 Å². The molecule has 6 heteroatoms. The summed E-state index contributed by atoms with van der Waals surface area (Å²) in [7, 11) is 0. The van der Waals surface area contributed by atoms with Gasteiger partial charge in [0.15, 0.2) is 0 Å². The van der Waals surface area contributed by atoms with E-state index in [1.807, 2.05) is 4.90 Å². The zero-order chi connectivity index (χ0) is 16.3. The molecule has 1 amide bonds. The Balaban J connectivity index is 1.81. The summed E-state index contributed by atoms with van der Waals surface area (Å²) in [6.45, 7) is 7.26. The number of nitrogens with one attached hydrogen (secondary N) is 2. The van der Waals surface area contributed by atoms with Crippen molar-refractivity contribution in [3.05, 3.63) is 17.7 Å². The molecule has 3 rings (SSSR count). The number of likely N-dealkylation sites (N-methyl/N-ethyl adjacent to an activating group) is 1. The van der Waals surface area contributed by atoms with Gasteiger partial charge in [0, 0.05) is 38.4 Å². The predicted molar refractivity (Wildman–Crippen MR) is 88.1 cm³/mol. The van der Waals surface area contributed by atoms with Gasteiger partial charge in [-0.2, -0.15) is 0 Å². The summed E-state index contributed by atoms with van der Waals surface area (Å²) in [5.41, 5.74) is 1.98. The minimum absolute atomic E-state index is 0.169. The molecule has 0 aromatic carbocycles. The van der Waals surface area contributed by atoms with Crippen LogP contribution in [0.4, 0.5) is 0 Å². The number of unbranched alkanes of at least 4 members (excludes halogenated alkanes) is 1. The van der Waals surface area contributed by atoms with Gasteiger partial charge in [0.2, 0.25) is 5.91 Å². The van der Waals surface area contributed by atoms with E-state index in [9.17, 15) is 4.79 Å².